The molecular weight excluding hydrogens is 373 g/mol. The minimum Gasteiger partial charge on any atom is -0.320 e. The van der Waals surface area contributed by atoms with Crippen LogP contribution in [0.3, 0.4) is 0 Å². The Bertz CT molecular complexity index is 1090. The quantitative estimate of drug-likeness (QED) is 0.707. The molecule has 6 rings (SSSR count). The van der Waals surface area contributed by atoms with E-state index in [9.17, 15) is 18.8 Å². The van der Waals surface area contributed by atoms with Gasteiger partial charge in [0.25, 0.3) is 5.91 Å². The van der Waals surface area contributed by atoms with Crippen molar-refractivity contribution in [2.24, 2.45) is 11.8 Å². The fourth-order valence-electron chi connectivity index (χ4n) is 6.26. The molecule has 5 atom stereocenters. The van der Waals surface area contributed by atoms with Crippen molar-refractivity contribution in [3.8, 4) is 0 Å². The maximum absolute atomic E-state index is 14.2. The fourth-order valence-corrected chi connectivity index (χ4v) is 6.26. The van der Waals surface area contributed by atoms with E-state index in [2.05, 4.69) is 5.32 Å². The van der Waals surface area contributed by atoms with Crippen LogP contribution in [0.2, 0.25) is 0 Å². The molecule has 0 radical (unpaired) electrons. The summed E-state index contributed by atoms with van der Waals surface area (Å²) in [4.78, 5) is 42.7. The lowest BCUT2D eigenvalue weighted by atomic mass is 9.75. The Kier molecular flexibility index (Phi) is 3.20. The van der Waals surface area contributed by atoms with Crippen molar-refractivity contribution < 1.29 is 23.7 Å². The number of fused-ring (bicyclic) bond motifs is 7. The second kappa shape index (κ2) is 5.51. The second-order valence-electron chi connectivity index (χ2n) is 8.33. The molecule has 3 saturated heterocycles. The highest BCUT2D eigenvalue weighted by molar-refractivity contribution is 6.25. The molecule has 2 aromatic rings. The molecule has 1 unspecified atom stereocenters. The number of benzene rings is 2. The average molecular weight is 392 g/mol. The Morgan fingerprint density at radius 1 is 1.07 bits per heavy atom. The molecule has 6 nitrogen and oxygen atoms in total. The summed E-state index contributed by atoms with van der Waals surface area (Å²) in [6.07, 6.45) is 1.65. The Hall–Kier alpha value is -3.06. The van der Waals surface area contributed by atoms with E-state index in [1.165, 1.54) is 17.0 Å². The Morgan fingerprint density at radius 3 is 2.66 bits per heavy atom. The number of para-hydroxylation sites is 1. The minimum absolute atomic E-state index is 0.120. The number of imide groups is 1. The van der Waals surface area contributed by atoms with E-state index >= 15 is 0 Å². The first-order chi connectivity index (χ1) is 14.0. The SMILES string of the molecule is O=C1[C@H]2[C@@H](C(=O)N1c1ccccc1)[C@]1(C(=O)Nc3ccc(F)cc31)[NH+]1CCC[C@@H]21. The molecular formula is C22H19FN3O3+. The smallest absolute Gasteiger partial charge is 0.291 e. The first-order valence-electron chi connectivity index (χ1n) is 9.95. The number of hydrogen-bond acceptors (Lipinski definition) is 3. The summed E-state index contributed by atoms with van der Waals surface area (Å²) in [5, 5.41) is 2.86. The van der Waals surface area contributed by atoms with Gasteiger partial charge in [-0.05, 0) is 30.3 Å². The maximum atomic E-state index is 14.2. The van der Waals surface area contributed by atoms with E-state index in [4.69, 9.17) is 0 Å². The summed E-state index contributed by atoms with van der Waals surface area (Å²) in [5.41, 5.74) is 0.311. The van der Waals surface area contributed by atoms with Crippen molar-refractivity contribution in [2.45, 2.75) is 24.4 Å². The number of anilines is 2. The Balaban J connectivity index is 1.58. The molecule has 0 saturated carbocycles. The van der Waals surface area contributed by atoms with Crippen LogP contribution >= 0.6 is 0 Å². The lowest BCUT2D eigenvalue weighted by Gasteiger charge is -2.33. The number of nitrogens with zero attached hydrogens (tertiary/aromatic N) is 1. The minimum atomic E-state index is -1.25. The molecule has 4 aliphatic heterocycles. The lowest BCUT2D eigenvalue weighted by molar-refractivity contribution is -0.948. The van der Waals surface area contributed by atoms with Crippen LogP contribution in [0.4, 0.5) is 15.8 Å². The van der Waals surface area contributed by atoms with E-state index in [1.54, 1.807) is 30.3 Å². The van der Waals surface area contributed by atoms with Gasteiger partial charge in [-0.3, -0.25) is 14.4 Å². The van der Waals surface area contributed by atoms with Gasteiger partial charge in [-0.2, -0.15) is 0 Å². The molecule has 1 spiro atoms. The van der Waals surface area contributed by atoms with Gasteiger partial charge >= 0.3 is 0 Å². The number of nitrogens with one attached hydrogen (secondary N) is 2. The largest absolute Gasteiger partial charge is 0.320 e. The standard InChI is InChI=1S/C22H18FN3O3/c23-12-8-9-15-14(11-12)22(21(29)24-15)18-17(16-7-4-10-25(16)22)19(27)26(20(18)28)13-5-2-1-3-6-13/h1-3,5-6,8-9,11,16-18H,4,7,10H2,(H,24,29)/p+1/t16-,17+,18-,22+/m0/s1. The third-order valence-corrected chi connectivity index (χ3v) is 7.19. The average Bonchev–Trinajstić information content (AvgIpc) is 3.41. The van der Waals surface area contributed by atoms with Gasteiger partial charge in [0.1, 0.15) is 23.7 Å². The number of rotatable bonds is 1. The fraction of sp³-hybridized carbons (Fsp3) is 0.318. The molecule has 4 heterocycles. The second-order valence-corrected chi connectivity index (χ2v) is 8.33. The zero-order chi connectivity index (χ0) is 19.9. The topological polar surface area (TPSA) is 70.9 Å². The van der Waals surface area contributed by atoms with Crippen LogP contribution in [0, 0.1) is 17.7 Å². The normalized spacial score (nSPS) is 34.5. The third kappa shape index (κ3) is 1.86. The molecule has 2 N–H and O–H groups in total. The molecule has 146 valence electrons. The first-order valence-corrected chi connectivity index (χ1v) is 9.95. The highest BCUT2D eigenvalue weighted by Crippen LogP contribution is 2.52. The maximum Gasteiger partial charge on any atom is 0.291 e. The molecule has 2 aromatic carbocycles. The first kappa shape index (κ1) is 16.9. The highest BCUT2D eigenvalue weighted by atomic mass is 19.1. The monoisotopic (exact) mass is 392 g/mol. The predicted octanol–water partition coefficient (Wildman–Crippen LogP) is 0.840. The van der Waals surface area contributed by atoms with Crippen molar-refractivity contribution >= 4 is 29.1 Å². The molecule has 0 aliphatic carbocycles. The van der Waals surface area contributed by atoms with Gasteiger partial charge < -0.3 is 10.2 Å². The van der Waals surface area contributed by atoms with Gasteiger partial charge in [-0.25, -0.2) is 9.29 Å². The van der Waals surface area contributed by atoms with Gasteiger partial charge in [0.05, 0.1) is 17.9 Å². The van der Waals surface area contributed by atoms with Crippen molar-refractivity contribution in [3.05, 3.63) is 59.9 Å². The van der Waals surface area contributed by atoms with Crippen molar-refractivity contribution in [2.75, 3.05) is 16.8 Å². The van der Waals surface area contributed by atoms with E-state index in [1.807, 2.05) is 6.07 Å². The van der Waals surface area contributed by atoms with Gasteiger partial charge in [0.2, 0.25) is 17.4 Å². The van der Waals surface area contributed by atoms with Crippen LogP contribution < -0.4 is 15.1 Å². The van der Waals surface area contributed by atoms with Crippen molar-refractivity contribution in [1.29, 1.82) is 0 Å². The molecule has 0 bridgehead atoms. The highest BCUT2D eigenvalue weighted by Gasteiger charge is 2.78. The molecule has 3 amide bonds. The molecule has 3 fully saturated rings. The van der Waals surface area contributed by atoms with E-state index in [0.717, 1.165) is 17.7 Å². The van der Waals surface area contributed by atoms with Gasteiger partial charge in [-0.15, -0.1) is 0 Å². The van der Waals surface area contributed by atoms with Crippen LogP contribution in [0.15, 0.2) is 48.5 Å². The van der Waals surface area contributed by atoms with Crippen LogP contribution in [-0.2, 0) is 19.9 Å². The van der Waals surface area contributed by atoms with Gasteiger partial charge in [0, 0.05) is 18.4 Å². The summed E-state index contributed by atoms with van der Waals surface area (Å²) in [6.45, 7) is 0.687. The van der Waals surface area contributed by atoms with Crippen LogP contribution in [-0.4, -0.2) is 30.3 Å². The lowest BCUT2D eigenvalue weighted by Crippen LogP contribution is -3.19. The molecule has 0 aromatic heterocycles. The Morgan fingerprint density at radius 2 is 1.86 bits per heavy atom. The number of amides is 3. The van der Waals surface area contributed by atoms with Crippen molar-refractivity contribution in [3.63, 3.8) is 0 Å². The summed E-state index contributed by atoms with van der Waals surface area (Å²) >= 11 is 0. The molecule has 29 heavy (non-hydrogen) atoms. The predicted molar refractivity (Wildman–Crippen MR) is 101 cm³/mol. The van der Waals surface area contributed by atoms with Gasteiger partial charge in [0.15, 0.2) is 0 Å². The van der Waals surface area contributed by atoms with E-state index < -0.39 is 23.2 Å². The van der Waals surface area contributed by atoms with Crippen LogP contribution in [0.1, 0.15) is 18.4 Å². The van der Waals surface area contributed by atoms with E-state index in [0.29, 0.717) is 23.5 Å². The van der Waals surface area contributed by atoms with Gasteiger partial charge in [-0.1, -0.05) is 18.2 Å². The molecule has 7 heteroatoms. The van der Waals surface area contributed by atoms with Crippen LogP contribution in [0.25, 0.3) is 0 Å². The summed E-state index contributed by atoms with van der Waals surface area (Å²) in [7, 11) is 0. The number of carbonyl (C=O) groups is 3. The summed E-state index contributed by atoms with van der Waals surface area (Å²) in [5.74, 6) is -2.75. The zero-order valence-corrected chi connectivity index (χ0v) is 15.5. The molecule has 4 aliphatic rings. The van der Waals surface area contributed by atoms with Crippen LogP contribution in [0.5, 0.6) is 0 Å². The zero-order valence-electron chi connectivity index (χ0n) is 15.5. The van der Waals surface area contributed by atoms with Crippen molar-refractivity contribution in [1.82, 2.24) is 0 Å². The Labute approximate surface area is 166 Å². The number of hydrogen-bond donors (Lipinski definition) is 2. The summed E-state index contributed by atoms with van der Waals surface area (Å²) < 4.78 is 14.2. The number of carbonyl (C=O) groups excluding carboxylic acids is 3. The van der Waals surface area contributed by atoms with E-state index in [-0.39, 0.29) is 23.8 Å². The number of quaternary nitrogens is 1. The third-order valence-electron chi connectivity index (χ3n) is 7.19. The number of halogens is 1. The summed E-state index contributed by atoms with van der Waals surface area (Å²) in [6, 6.07) is 12.9.